The largest absolute Gasteiger partial charge is 0.494 e. The van der Waals surface area contributed by atoms with Gasteiger partial charge in [0.25, 0.3) is 0 Å². The van der Waals surface area contributed by atoms with Crippen molar-refractivity contribution >= 4 is 23.1 Å². The van der Waals surface area contributed by atoms with E-state index in [0.717, 1.165) is 18.4 Å². The minimum absolute atomic E-state index is 0.237. The number of para-hydroxylation sites is 1. The normalized spacial score (nSPS) is 18.0. The predicted octanol–water partition coefficient (Wildman–Crippen LogP) is 3.83. The third-order valence-electron chi connectivity index (χ3n) is 3.80. The molecule has 0 atom stereocenters. The summed E-state index contributed by atoms with van der Waals surface area (Å²) >= 11 is 0. The number of nitrogens with zero attached hydrogens (tertiary/aromatic N) is 1. The van der Waals surface area contributed by atoms with Gasteiger partial charge in [0.05, 0.1) is 18.9 Å². The van der Waals surface area contributed by atoms with Crippen LogP contribution in [-0.2, 0) is 14.3 Å². The second-order valence-electron chi connectivity index (χ2n) is 5.60. The molecule has 3 rings (SSSR count). The molecule has 1 aliphatic rings. The zero-order chi connectivity index (χ0) is 17.5. The van der Waals surface area contributed by atoms with E-state index in [9.17, 15) is 4.79 Å². The van der Waals surface area contributed by atoms with Gasteiger partial charge in [0, 0.05) is 11.1 Å². The molecule has 1 aliphatic heterocycles. The number of anilines is 1. The van der Waals surface area contributed by atoms with E-state index in [1.807, 2.05) is 54.6 Å². The van der Waals surface area contributed by atoms with Gasteiger partial charge in [-0.25, -0.2) is 4.79 Å². The van der Waals surface area contributed by atoms with Gasteiger partial charge in [-0.2, -0.15) is 5.10 Å². The molecule has 0 saturated heterocycles. The van der Waals surface area contributed by atoms with Crippen molar-refractivity contribution in [3.63, 3.8) is 0 Å². The van der Waals surface area contributed by atoms with Crippen LogP contribution in [0.25, 0.3) is 5.76 Å². The number of nitrogens with one attached hydrogen (secondary N) is 1. The summed E-state index contributed by atoms with van der Waals surface area (Å²) in [6, 6.07) is 16.8. The molecule has 0 fully saturated rings. The van der Waals surface area contributed by atoms with Crippen LogP contribution in [0.5, 0.6) is 0 Å². The molecule has 2 aromatic rings. The first-order chi connectivity index (χ1) is 12.3. The number of hydrogen-bond acceptors (Lipinski definition) is 5. The van der Waals surface area contributed by atoms with Gasteiger partial charge in [-0.3, -0.25) is 5.43 Å². The van der Waals surface area contributed by atoms with Gasteiger partial charge in [-0.1, -0.05) is 49.0 Å². The molecule has 2 aromatic carbocycles. The molecule has 0 radical (unpaired) electrons. The van der Waals surface area contributed by atoms with Gasteiger partial charge < -0.3 is 9.47 Å². The van der Waals surface area contributed by atoms with E-state index < -0.39 is 5.97 Å². The van der Waals surface area contributed by atoms with Crippen LogP contribution in [0.2, 0.25) is 0 Å². The van der Waals surface area contributed by atoms with Gasteiger partial charge >= 0.3 is 5.97 Å². The van der Waals surface area contributed by atoms with Crippen LogP contribution in [0, 0.1) is 0 Å². The number of fused-ring (bicyclic) bond motifs is 1. The lowest BCUT2D eigenvalue weighted by Gasteiger charge is -2.12. The molecule has 5 nitrogen and oxygen atoms in total. The Morgan fingerprint density at radius 2 is 1.60 bits per heavy atom. The number of hydrazone groups is 1. The second kappa shape index (κ2) is 8.15. The Balaban J connectivity index is 1.98. The summed E-state index contributed by atoms with van der Waals surface area (Å²) in [4.78, 5) is 12.5. The van der Waals surface area contributed by atoms with E-state index in [2.05, 4.69) is 17.1 Å². The van der Waals surface area contributed by atoms with E-state index in [-0.39, 0.29) is 5.71 Å². The number of esters is 1. The van der Waals surface area contributed by atoms with E-state index in [4.69, 9.17) is 9.47 Å². The van der Waals surface area contributed by atoms with Crippen molar-refractivity contribution < 1.29 is 14.3 Å². The molecule has 5 heteroatoms. The van der Waals surface area contributed by atoms with E-state index in [1.165, 1.54) is 0 Å². The fourth-order valence-electron chi connectivity index (χ4n) is 2.47. The van der Waals surface area contributed by atoms with Crippen molar-refractivity contribution in [3.8, 4) is 0 Å². The van der Waals surface area contributed by atoms with E-state index >= 15 is 0 Å². The Kier molecular flexibility index (Phi) is 5.46. The molecule has 25 heavy (non-hydrogen) atoms. The lowest BCUT2D eigenvalue weighted by Crippen LogP contribution is -2.21. The summed E-state index contributed by atoms with van der Waals surface area (Å²) in [5, 5.41) is 4.31. The number of benzene rings is 2. The molecular weight excluding hydrogens is 316 g/mol. The first kappa shape index (κ1) is 16.8. The highest BCUT2D eigenvalue weighted by Gasteiger charge is 2.17. The summed E-state index contributed by atoms with van der Waals surface area (Å²) < 4.78 is 11.0. The van der Waals surface area contributed by atoms with E-state index in [0.29, 0.717) is 30.2 Å². The average molecular weight is 336 g/mol. The maximum atomic E-state index is 12.5. The standard InChI is InChI=1S/C20H20N2O3/c1-15-17-11-5-6-12-18(17)21-22-19(16-9-3-2-4-10-16)20(23)25-14-8-7-13-24-15/h2-6,9-12,21H,1,7-8,13-14H2/b22-19-. The Morgan fingerprint density at radius 1 is 0.920 bits per heavy atom. The SMILES string of the molecule is C=C1OCCCCOC(=O)/C(c2ccccc2)=N\Nc2ccccc21. The fraction of sp³-hybridized carbons (Fsp3) is 0.200. The molecule has 0 bridgehead atoms. The number of ether oxygens (including phenoxy) is 2. The fourth-order valence-corrected chi connectivity index (χ4v) is 2.47. The van der Waals surface area contributed by atoms with Gasteiger partial charge in [-0.05, 0) is 25.0 Å². The lowest BCUT2D eigenvalue weighted by atomic mass is 10.1. The molecule has 1 heterocycles. The number of cyclic esters (lactones) is 1. The van der Waals surface area contributed by atoms with Crippen LogP contribution in [0.3, 0.4) is 0 Å². The van der Waals surface area contributed by atoms with Gasteiger partial charge in [0.15, 0.2) is 5.71 Å². The predicted molar refractivity (Wildman–Crippen MR) is 98.2 cm³/mol. The highest BCUT2D eigenvalue weighted by molar-refractivity contribution is 6.43. The van der Waals surface area contributed by atoms with Crippen LogP contribution in [0.4, 0.5) is 5.69 Å². The minimum Gasteiger partial charge on any atom is -0.494 e. The van der Waals surface area contributed by atoms with Crippen LogP contribution in [0.15, 0.2) is 66.3 Å². The van der Waals surface area contributed by atoms with Crippen molar-refractivity contribution in [1.29, 1.82) is 0 Å². The third-order valence-corrected chi connectivity index (χ3v) is 3.80. The lowest BCUT2D eigenvalue weighted by molar-refractivity contribution is -0.135. The van der Waals surface area contributed by atoms with E-state index in [1.54, 1.807) is 0 Å². The maximum absolute atomic E-state index is 12.5. The van der Waals surface area contributed by atoms with Crippen LogP contribution in [0.1, 0.15) is 24.0 Å². The second-order valence-corrected chi connectivity index (χ2v) is 5.60. The highest BCUT2D eigenvalue weighted by Crippen LogP contribution is 2.24. The highest BCUT2D eigenvalue weighted by atomic mass is 16.5. The van der Waals surface area contributed by atoms with Crippen LogP contribution < -0.4 is 5.43 Å². The summed E-state index contributed by atoms with van der Waals surface area (Å²) in [7, 11) is 0. The first-order valence-electron chi connectivity index (χ1n) is 8.23. The van der Waals surface area contributed by atoms with Crippen molar-refractivity contribution in [2.24, 2.45) is 5.10 Å². The summed E-state index contributed by atoms with van der Waals surface area (Å²) in [5.41, 5.74) is 5.42. The zero-order valence-corrected chi connectivity index (χ0v) is 13.9. The average Bonchev–Trinajstić information content (AvgIpc) is 2.66. The molecule has 0 aromatic heterocycles. The molecule has 0 unspecified atom stereocenters. The van der Waals surface area contributed by atoms with Gasteiger partial charge in [-0.15, -0.1) is 0 Å². The Hall–Kier alpha value is -3.08. The summed E-state index contributed by atoms with van der Waals surface area (Å²) in [6.07, 6.45) is 1.50. The molecule has 0 aliphatic carbocycles. The van der Waals surface area contributed by atoms with Crippen molar-refractivity contribution in [1.82, 2.24) is 0 Å². The molecule has 0 spiro atoms. The van der Waals surface area contributed by atoms with Crippen molar-refractivity contribution in [2.45, 2.75) is 12.8 Å². The van der Waals surface area contributed by atoms with Crippen molar-refractivity contribution in [2.75, 3.05) is 18.6 Å². The molecule has 0 saturated carbocycles. The van der Waals surface area contributed by atoms with Gasteiger partial charge in [0.2, 0.25) is 0 Å². The Bertz CT molecular complexity index is 785. The molecule has 1 N–H and O–H groups in total. The number of hydrogen-bond donors (Lipinski definition) is 1. The van der Waals surface area contributed by atoms with Crippen LogP contribution in [-0.4, -0.2) is 24.9 Å². The molecular formula is C20H20N2O3. The van der Waals surface area contributed by atoms with Crippen LogP contribution >= 0.6 is 0 Å². The summed E-state index contributed by atoms with van der Waals surface area (Å²) in [6.45, 7) is 4.84. The first-order valence-corrected chi connectivity index (χ1v) is 8.23. The molecule has 0 amide bonds. The number of rotatable bonds is 1. The quantitative estimate of drug-likeness (QED) is 0.804. The number of carbonyl (C=O) groups is 1. The smallest absolute Gasteiger partial charge is 0.359 e. The maximum Gasteiger partial charge on any atom is 0.359 e. The molecule has 128 valence electrons. The minimum atomic E-state index is -0.449. The monoisotopic (exact) mass is 336 g/mol. The van der Waals surface area contributed by atoms with Gasteiger partial charge in [0.1, 0.15) is 5.76 Å². The summed E-state index contributed by atoms with van der Waals surface area (Å²) in [5.74, 6) is 0.126. The zero-order valence-electron chi connectivity index (χ0n) is 13.9. The third kappa shape index (κ3) is 4.26. The number of carbonyl (C=O) groups excluding carboxylic acids is 1. The topological polar surface area (TPSA) is 59.9 Å². The Morgan fingerprint density at radius 3 is 2.40 bits per heavy atom. The Labute approximate surface area is 147 Å². The van der Waals surface area contributed by atoms with Crippen molar-refractivity contribution in [3.05, 3.63) is 72.3 Å².